The molecule has 34 heavy (non-hydrogen) atoms. The summed E-state index contributed by atoms with van der Waals surface area (Å²) >= 11 is 0. The number of hydrogen-bond acceptors (Lipinski definition) is 6. The molecule has 2 heterocycles. The summed E-state index contributed by atoms with van der Waals surface area (Å²) in [5, 5.41) is 16.1. The Hall–Kier alpha value is -2.81. The summed E-state index contributed by atoms with van der Waals surface area (Å²) < 4.78 is 5.08. The highest BCUT2D eigenvalue weighted by atomic mass is 16.5. The van der Waals surface area contributed by atoms with Crippen LogP contribution in [0.25, 0.3) is 0 Å². The van der Waals surface area contributed by atoms with Gasteiger partial charge in [-0.3, -0.25) is 19.5 Å². The molecule has 1 aromatic heterocycles. The average Bonchev–Trinajstić information content (AvgIpc) is 3.26. The number of anilines is 1. The summed E-state index contributed by atoms with van der Waals surface area (Å²) in [4.78, 5) is 33.0. The molecule has 1 aromatic carbocycles. The molecule has 0 radical (unpaired) electrons. The highest BCUT2D eigenvalue weighted by Gasteiger charge is 2.39. The third-order valence-corrected chi connectivity index (χ3v) is 5.99. The molecule has 1 saturated heterocycles. The lowest BCUT2D eigenvalue weighted by atomic mass is 9.87. The van der Waals surface area contributed by atoms with Crippen molar-refractivity contribution in [3.8, 4) is 0 Å². The molecular weight excluding hydrogens is 432 g/mol. The molecule has 1 fully saturated rings. The monoisotopic (exact) mass is 468 g/mol. The highest BCUT2D eigenvalue weighted by molar-refractivity contribution is 6.03. The molecule has 0 bridgehead atoms. The number of benzene rings is 1. The van der Waals surface area contributed by atoms with Crippen molar-refractivity contribution in [2.45, 2.75) is 57.2 Å². The standard InChI is InChI=1S/C26H36N4O4/c1-26(2,3)19-8-10-20(11-9-19)30(25(33)22-15-21(31)17-29-22)23(18-7-5-12-27-16-18)24(32)28-13-6-14-34-4/h5,7-12,16,21-23,29,31H,6,13-15,17H2,1-4H3,(H,28,32). The van der Waals surface area contributed by atoms with Crippen molar-refractivity contribution < 1.29 is 19.4 Å². The third kappa shape index (κ3) is 6.40. The van der Waals surface area contributed by atoms with Crippen molar-refractivity contribution >= 4 is 17.5 Å². The lowest BCUT2D eigenvalue weighted by Gasteiger charge is -2.33. The second kappa shape index (κ2) is 11.6. The molecule has 2 aromatic rings. The van der Waals surface area contributed by atoms with Crippen molar-refractivity contribution in [1.82, 2.24) is 15.6 Å². The molecule has 2 amide bonds. The lowest BCUT2D eigenvalue weighted by Crippen LogP contribution is -2.50. The van der Waals surface area contributed by atoms with E-state index in [1.165, 1.54) is 4.90 Å². The van der Waals surface area contributed by atoms with Crippen LogP contribution in [0.2, 0.25) is 0 Å². The topological polar surface area (TPSA) is 104 Å². The Balaban J connectivity index is 2.02. The Morgan fingerprint density at radius 1 is 1.26 bits per heavy atom. The number of pyridine rings is 1. The minimum atomic E-state index is -0.913. The number of β-amino-alcohol motifs (C(OH)–C–C–N with tert-alkyl or cyclic N) is 1. The van der Waals surface area contributed by atoms with Crippen molar-refractivity contribution in [1.29, 1.82) is 0 Å². The zero-order valence-electron chi connectivity index (χ0n) is 20.5. The van der Waals surface area contributed by atoms with E-state index < -0.39 is 18.2 Å². The summed E-state index contributed by atoms with van der Waals surface area (Å²) in [7, 11) is 1.62. The van der Waals surface area contributed by atoms with E-state index in [-0.39, 0.29) is 17.2 Å². The number of ether oxygens (including phenoxy) is 1. The van der Waals surface area contributed by atoms with Crippen molar-refractivity contribution in [3.05, 3.63) is 59.9 Å². The second-order valence-electron chi connectivity index (χ2n) is 9.68. The van der Waals surface area contributed by atoms with Gasteiger partial charge >= 0.3 is 0 Å². The predicted octanol–water partition coefficient (Wildman–Crippen LogP) is 2.33. The van der Waals surface area contributed by atoms with Gasteiger partial charge in [0.2, 0.25) is 11.8 Å². The van der Waals surface area contributed by atoms with Crippen LogP contribution < -0.4 is 15.5 Å². The van der Waals surface area contributed by atoms with Crippen LogP contribution in [-0.4, -0.2) is 60.9 Å². The molecule has 0 spiro atoms. The summed E-state index contributed by atoms with van der Waals surface area (Å²) in [6.45, 7) is 7.67. The van der Waals surface area contributed by atoms with E-state index in [1.807, 2.05) is 24.3 Å². The van der Waals surface area contributed by atoms with Gasteiger partial charge in [0.1, 0.15) is 6.04 Å². The molecule has 3 N–H and O–H groups in total. The van der Waals surface area contributed by atoms with Gasteiger partial charge in [-0.1, -0.05) is 39.0 Å². The maximum absolute atomic E-state index is 13.8. The Labute approximate surface area is 201 Å². The van der Waals surface area contributed by atoms with Crippen LogP contribution in [0.5, 0.6) is 0 Å². The van der Waals surface area contributed by atoms with Gasteiger partial charge in [-0.2, -0.15) is 0 Å². The van der Waals surface area contributed by atoms with Crippen LogP contribution in [0, 0.1) is 0 Å². The van der Waals surface area contributed by atoms with E-state index in [1.54, 1.807) is 31.6 Å². The van der Waals surface area contributed by atoms with E-state index in [4.69, 9.17) is 4.74 Å². The fourth-order valence-electron chi connectivity index (χ4n) is 4.08. The molecule has 3 atom stereocenters. The van der Waals surface area contributed by atoms with Gasteiger partial charge in [0.15, 0.2) is 0 Å². The molecule has 184 valence electrons. The SMILES string of the molecule is COCCCNC(=O)C(c1cccnc1)N(C(=O)C1CC(O)CN1)c1ccc(C(C)(C)C)cc1. The Morgan fingerprint density at radius 2 is 2.00 bits per heavy atom. The van der Waals surface area contributed by atoms with Gasteiger partial charge in [0, 0.05) is 50.5 Å². The first-order chi connectivity index (χ1) is 16.2. The summed E-state index contributed by atoms with van der Waals surface area (Å²) in [5.41, 5.74) is 2.30. The van der Waals surface area contributed by atoms with Crippen LogP contribution in [0.3, 0.4) is 0 Å². The molecule has 0 saturated carbocycles. The van der Waals surface area contributed by atoms with E-state index in [9.17, 15) is 14.7 Å². The van der Waals surface area contributed by atoms with Crippen LogP contribution in [0.4, 0.5) is 5.69 Å². The minimum absolute atomic E-state index is 0.0496. The number of amides is 2. The van der Waals surface area contributed by atoms with E-state index in [0.29, 0.717) is 43.8 Å². The van der Waals surface area contributed by atoms with Gasteiger partial charge in [-0.15, -0.1) is 0 Å². The number of carbonyl (C=O) groups is 2. The van der Waals surface area contributed by atoms with E-state index in [0.717, 1.165) is 5.56 Å². The summed E-state index contributed by atoms with van der Waals surface area (Å²) in [6.07, 6.45) is 3.60. The zero-order valence-corrected chi connectivity index (χ0v) is 20.5. The number of carbonyl (C=O) groups excluding carboxylic acids is 2. The second-order valence-corrected chi connectivity index (χ2v) is 9.68. The fourth-order valence-corrected chi connectivity index (χ4v) is 4.08. The van der Waals surface area contributed by atoms with Crippen molar-refractivity contribution in [2.75, 3.05) is 31.7 Å². The van der Waals surface area contributed by atoms with Crippen LogP contribution >= 0.6 is 0 Å². The third-order valence-electron chi connectivity index (χ3n) is 5.99. The number of nitrogens with one attached hydrogen (secondary N) is 2. The number of aliphatic hydroxyl groups excluding tert-OH is 1. The van der Waals surface area contributed by atoms with Crippen molar-refractivity contribution in [2.24, 2.45) is 0 Å². The Morgan fingerprint density at radius 3 is 2.56 bits per heavy atom. The first-order valence-corrected chi connectivity index (χ1v) is 11.7. The first kappa shape index (κ1) is 25.8. The van der Waals surface area contributed by atoms with Gasteiger partial charge < -0.3 is 20.5 Å². The van der Waals surface area contributed by atoms with E-state index in [2.05, 4.69) is 36.4 Å². The number of hydrogen-bond donors (Lipinski definition) is 3. The highest BCUT2D eigenvalue weighted by Crippen LogP contribution is 2.32. The number of nitrogens with zero attached hydrogens (tertiary/aromatic N) is 2. The maximum Gasteiger partial charge on any atom is 0.247 e. The molecule has 1 aliphatic heterocycles. The number of aliphatic hydroxyl groups is 1. The smallest absolute Gasteiger partial charge is 0.247 e. The number of aromatic nitrogens is 1. The van der Waals surface area contributed by atoms with E-state index >= 15 is 0 Å². The number of methoxy groups -OCH3 is 1. The van der Waals surface area contributed by atoms with Gasteiger partial charge in [0.05, 0.1) is 12.1 Å². The van der Waals surface area contributed by atoms with Crippen LogP contribution in [0.15, 0.2) is 48.8 Å². The quantitative estimate of drug-likeness (QED) is 0.488. The molecule has 0 aliphatic carbocycles. The summed E-state index contributed by atoms with van der Waals surface area (Å²) in [5.74, 6) is -0.558. The average molecular weight is 469 g/mol. The lowest BCUT2D eigenvalue weighted by molar-refractivity contribution is -0.127. The first-order valence-electron chi connectivity index (χ1n) is 11.7. The molecule has 8 nitrogen and oxygen atoms in total. The summed E-state index contributed by atoms with van der Waals surface area (Å²) in [6, 6.07) is 9.79. The zero-order chi connectivity index (χ0) is 24.7. The van der Waals surface area contributed by atoms with Crippen LogP contribution in [0.1, 0.15) is 50.8 Å². The normalized spacial score (nSPS) is 19.0. The molecule has 3 unspecified atom stereocenters. The van der Waals surface area contributed by atoms with Gasteiger partial charge in [0.25, 0.3) is 0 Å². The molecule has 8 heteroatoms. The number of rotatable bonds is 9. The fraction of sp³-hybridized carbons (Fsp3) is 0.500. The van der Waals surface area contributed by atoms with Gasteiger partial charge in [-0.25, -0.2) is 0 Å². The Kier molecular flexibility index (Phi) is 8.77. The maximum atomic E-state index is 13.8. The predicted molar refractivity (Wildman–Crippen MR) is 132 cm³/mol. The molecular formula is C26H36N4O4. The van der Waals surface area contributed by atoms with Crippen LogP contribution in [-0.2, 0) is 19.7 Å². The largest absolute Gasteiger partial charge is 0.392 e. The minimum Gasteiger partial charge on any atom is -0.392 e. The van der Waals surface area contributed by atoms with Gasteiger partial charge in [-0.05, 0) is 42.0 Å². The molecule has 1 aliphatic rings. The van der Waals surface area contributed by atoms with Crippen molar-refractivity contribution in [3.63, 3.8) is 0 Å². The Bertz CT molecular complexity index is 944. The molecule has 3 rings (SSSR count).